The van der Waals surface area contributed by atoms with Crippen molar-refractivity contribution in [2.75, 3.05) is 24.5 Å². The molecule has 0 spiro atoms. The van der Waals surface area contributed by atoms with E-state index in [9.17, 15) is 0 Å². The number of aliphatic imine (C=N–C) groups is 1. The van der Waals surface area contributed by atoms with Crippen molar-refractivity contribution in [2.45, 2.75) is 19.4 Å². The van der Waals surface area contributed by atoms with E-state index in [1.807, 2.05) is 12.3 Å². The van der Waals surface area contributed by atoms with Crippen molar-refractivity contribution in [3.63, 3.8) is 0 Å². The van der Waals surface area contributed by atoms with Crippen LogP contribution >= 0.6 is 15.9 Å². The number of anilines is 1. The number of nitrogens with two attached hydrogens (primary N) is 1. The number of hydrogen-bond donors (Lipinski definition) is 3. The largest absolute Gasteiger partial charge is 0.370 e. The molecule has 0 radical (unpaired) electrons. The molecule has 29 heavy (non-hydrogen) atoms. The summed E-state index contributed by atoms with van der Waals surface area (Å²) in [5.41, 5.74) is 9.52. The van der Waals surface area contributed by atoms with E-state index in [1.165, 1.54) is 11.3 Å². The highest BCUT2D eigenvalue weighted by molar-refractivity contribution is 9.10. The van der Waals surface area contributed by atoms with Crippen LogP contribution in [0.25, 0.3) is 0 Å². The summed E-state index contributed by atoms with van der Waals surface area (Å²) >= 11 is 3.51. The van der Waals surface area contributed by atoms with Gasteiger partial charge in [-0.05, 0) is 42.7 Å². The molecule has 7 heteroatoms. The van der Waals surface area contributed by atoms with Gasteiger partial charge in [0.05, 0.1) is 12.0 Å². The van der Waals surface area contributed by atoms with Crippen LogP contribution in [0.3, 0.4) is 0 Å². The van der Waals surface area contributed by atoms with Crippen molar-refractivity contribution in [3.05, 3.63) is 82.9 Å². The highest BCUT2D eigenvalue weighted by Crippen LogP contribution is 2.20. The molecule has 2 aromatic carbocycles. The van der Waals surface area contributed by atoms with E-state index in [-0.39, 0.29) is 0 Å². The first-order valence-electron chi connectivity index (χ1n) is 9.76. The van der Waals surface area contributed by atoms with Crippen molar-refractivity contribution >= 4 is 27.6 Å². The van der Waals surface area contributed by atoms with Gasteiger partial charge in [-0.2, -0.15) is 0 Å². The summed E-state index contributed by atoms with van der Waals surface area (Å²) < 4.78 is 1.07. The number of halogens is 1. The Morgan fingerprint density at radius 3 is 2.66 bits per heavy atom. The second kappa shape index (κ2) is 11.3. The second-order valence-corrected chi connectivity index (χ2v) is 7.66. The van der Waals surface area contributed by atoms with Crippen molar-refractivity contribution in [2.24, 2.45) is 10.7 Å². The van der Waals surface area contributed by atoms with Crippen LogP contribution in [0.1, 0.15) is 17.7 Å². The Balaban J connectivity index is 1.49. The molecule has 152 valence electrons. The fourth-order valence-corrected chi connectivity index (χ4v) is 3.28. The smallest absolute Gasteiger partial charge is 0.188 e. The minimum absolute atomic E-state index is 0.488. The van der Waals surface area contributed by atoms with E-state index in [2.05, 4.69) is 89.6 Å². The molecule has 0 aliphatic carbocycles. The van der Waals surface area contributed by atoms with Crippen LogP contribution in [-0.2, 0) is 13.0 Å². The lowest BCUT2D eigenvalue weighted by Crippen LogP contribution is -2.38. The SMILES string of the molecule is NC(=NCCCc1c[nH]cn1)NCCN(Cc1ccccc1)c1ccc(Br)cc1. The number of rotatable bonds is 10. The Kier molecular flexibility index (Phi) is 8.12. The number of guanidine groups is 1. The first-order chi connectivity index (χ1) is 14.2. The molecule has 3 aromatic rings. The van der Waals surface area contributed by atoms with E-state index in [0.29, 0.717) is 12.5 Å². The van der Waals surface area contributed by atoms with E-state index < -0.39 is 0 Å². The van der Waals surface area contributed by atoms with Crippen LogP contribution in [-0.4, -0.2) is 35.6 Å². The third-order valence-corrected chi connectivity index (χ3v) is 5.05. The Bertz CT molecular complexity index is 862. The van der Waals surface area contributed by atoms with Gasteiger partial charge in [-0.1, -0.05) is 46.3 Å². The zero-order valence-electron chi connectivity index (χ0n) is 16.4. The maximum atomic E-state index is 6.02. The standard InChI is InChI=1S/C22H27BrN6/c23-19-8-10-21(11-9-19)29(16-18-5-2-1-3-6-18)14-13-27-22(24)26-12-4-7-20-15-25-17-28-20/h1-3,5-6,8-11,15,17H,4,7,12-14,16H2,(H,25,28)(H3,24,26,27). The summed E-state index contributed by atoms with van der Waals surface area (Å²) in [6, 6.07) is 18.9. The minimum atomic E-state index is 0.488. The number of aryl methyl sites for hydroxylation is 1. The normalized spacial score (nSPS) is 11.4. The van der Waals surface area contributed by atoms with Crippen LogP contribution in [0.2, 0.25) is 0 Å². The second-order valence-electron chi connectivity index (χ2n) is 6.74. The first-order valence-corrected chi connectivity index (χ1v) is 10.6. The van der Waals surface area contributed by atoms with Gasteiger partial charge in [0.25, 0.3) is 0 Å². The molecule has 0 amide bonds. The molecule has 0 unspecified atom stereocenters. The maximum Gasteiger partial charge on any atom is 0.188 e. The molecule has 1 heterocycles. The third kappa shape index (κ3) is 7.27. The number of hydrogen-bond acceptors (Lipinski definition) is 3. The zero-order valence-corrected chi connectivity index (χ0v) is 18.0. The number of imidazole rings is 1. The number of aromatic amines is 1. The summed E-state index contributed by atoms with van der Waals surface area (Å²) in [5, 5.41) is 3.23. The lowest BCUT2D eigenvalue weighted by Gasteiger charge is -2.25. The molecule has 0 fully saturated rings. The Morgan fingerprint density at radius 2 is 1.93 bits per heavy atom. The molecular formula is C22H27BrN6. The van der Waals surface area contributed by atoms with Gasteiger partial charge in [0.2, 0.25) is 0 Å². The number of H-pyrrole nitrogens is 1. The summed E-state index contributed by atoms with van der Waals surface area (Å²) in [4.78, 5) is 13.9. The fraction of sp³-hybridized carbons (Fsp3) is 0.273. The topological polar surface area (TPSA) is 82.3 Å². The molecule has 1 aromatic heterocycles. The molecule has 0 saturated heterocycles. The van der Waals surface area contributed by atoms with E-state index >= 15 is 0 Å². The Morgan fingerprint density at radius 1 is 1.14 bits per heavy atom. The summed E-state index contributed by atoms with van der Waals surface area (Å²) in [6.07, 6.45) is 5.43. The predicted octanol–water partition coefficient (Wildman–Crippen LogP) is 3.72. The molecule has 0 saturated carbocycles. The van der Waals surface area contributed by atoms with Gasteiger partial charge in [-0.25, -0.2) is 4.98 Å². The minimum Gasteiger partial charge on any atom is -0.370 e. The van der Waals surface area contributed by atoms with E-state index in [4.69, 9.17) is 5.73 Å². The van der Waals surface area contributed by atoms with Crippen molar-refractivity contribution in [1.29, 1.82) is 0 Å². The number of aromatic nitrogens is 2. The lowest BCUT2D eigenvalue weighted by molar-refractivity contribution is 0.747. The van der Waals surface area contributed by atoms with Gasteiger partial charge in [0.1, 0.15) is 0 Å². The zero-order chi connectivity index (χ0) is 20.3. The fourth-order valence-electron chi connectivity index (χ4n) is 3.02. The first kappa shape index (κ1) is 20.9. The van der Waals surface area contributed by atoms with Crippen LogP contribution in [0, 0.1) is 0 Å². The van der Waals surface area contributed by atoms with Crippen LogP contribution < -0.4 is 16.0 Å². The maximum absolute atomic E-state index is 6.02. The van der Waals surface area contributed by atoms with Crippen LogP contribution in [0.5, 0.6) is 0 Å². The van der Waals surface area contributed by atoms with E-state index in [0.717, 1.165) is 42.6 Å². The summed E-state index contributed by atoms with van der Waals surface area (Å²) in [7, 11) is 0. The third-order valence-electron chi connectivity index (χ3n) is 4.52. The number of nitrogens with zero attached hydrogens (tertiary/aromatic N) is 3. The van der Waals surface area contributed by atoms with Gasteiger partial charge in [0.15, 0.2) is 5.96 Å². The molecule has 0 atom stereocenters. The van der Waals surface area contributed by atoms with E-state index in [1.54, 1.807) is 6.33 Å². The summed E-state index contributed by atoms with van der Waals surface area (Å²) in [5.74, 6) is 0.488. The molecule has 0 aliphatic heterocycles. The van der Waals surface area contributed by atoms with Crippen LogP contribution in [0.4, 0.5) is 5.69 Å². The molecule has 0 bridgehead atoms. The summed E-state index contributed by atoms with van der Waals surface area (Å²) in [6.45, 7) is 3.06. The monoisotopic (exact) mass is 454 g/mol. The molecule has 4 N–H and O–H groups in total. The van der Waals surface area contributed by atoms with Crippen LogP contribution in [0.15, 0.2) is 76.6 Å². The molecule has 0 aliphatic rings. The number of benzene rings is 2. The molecule has 3 rings (SSSR count). The highest BCUT2D eigenvalue weighted by atomic mass is 79.9. The number of nitrogens with one attached hydrogen (secondary N) is 2. The molecule has 6 nitrogen and oxygen atoms in total. The quantitative estimate of drug-likeness (QED) is 0.247. The average molecular weight is 455 g/mol. The Labute approximate surface area is 180 Å². The van der Waals surface area contributed by atoms with Gasteiger partial charge in [-0.15, -0.1) is 0 Å². The van der Waals surface area contributed by atoms with Gasteiger partial charge in [-0.3, -0.25) is 4.99 Å². The highest BCUT2D eigenvalue weighted by Gasteiger charge is 2.08. The lowest BCUT2D eigenvalue weighted by atomic mass is 10.2. The van der Waals surface area contributed by atoms with Gasteiger partial charge < -0.3 is 20.9 Å². The average Bonchev–Trinajstić information content (AvgIpc) is 3.25. The molecular weight excluding hydrogens is 428 g/mol. The van der Waals surface area contributed by atoms with Crippen molar-refractivity contribution < 1.29 is 0 Å². The van der Waals surface area contributed by atoms with Gasteiger partial charge in [0, 0.05) is 42.5 Å². The van der Waals surface area contributed by atoms with Crippen molar-refractivity contribution in [1.82, 2.24) is 15.3 Å². The predicted molar refractivity (Wildman–Crippen MR) is 123 cm³/mol. The van der Waals surface area contributed by atoms with Crippen molar-refractivity contribution in [3.8, 4) is 0 Å². The Hall–Kier alpha value is -2.80. The van der Waals surface area contributed by atoms with Gasteiger partial charge >= 0.3 is 0 Å².